The zero-order valence-electron chi connectivity index (χ0n) is 9.41. The van der Waals surface area contributed by atoms with Crippen LogP contribution in [-0.4, -0.2) is 12.6 Å². The van der Waals surface area contributed by atoms with Crippen LogP contribution in [0.4, 0.5) is 0 Å². The molecule has 1 aliphatic rings. The zero-order chi connectivity index (χ0) is 13.1. The van der Waals surface area contributed by atoms with Gasteiger partial charge in [0.15, 0.2) is 0 Å². The highest BCUT2D eigenvalue weighted by molar-refractivity contribution is 8.03. The first-order valence-electron chi connectivity index (χ1n) is 5.30. The highest BCUT2D eigenvalue weighted by atomic mass is 35.5. The van der Waals surface area contributed by atoms with E-state index in [9.17, 15) is 4.79 Å². The molecule has 0 saturated carbocycles. The predicted octanol–water partition coefficient (Wildman–Crippen LogP) is 3.34. The Hall–Kier alpha value is -0.840. The molecule has 0 atom stereocenters. The van der Waals surface area contributed by atoms with Gasteiger partial charge in [0, 0.05) is 27.9 Å². The van der Waals surface area contributed by atoms with Crippen molar-refractivity contribution in [3.63, 3.8) is 0 Å². The number of carbonyl (C=O) groups is 1. The van der Waals surface area contributed by atoms with Crippen LogP contribution >= 0.6 is 35.0 Å². The van der Waals surface area contributed by atoms with E-state index in [2.05, 4.69) is 0 Å². The van der Waals surface area contributed by atoms with Gasteiger partial charge < -0.3 is 10.5 Å². The van der Waals surface area contributed by atoms with E-state index in [-0.39, 0.29) is 5.97 Å². The summed E-state index contributed by atoms with van der Waals surface area (Å²) >= 11 is 13.2. The maximum absolute atomic E-state index is 11.5. The zero-order valence-corrected chi connectivity index (χ0v) is 11.7. The Bertz CT molecular complexity index is 517. The maximum atomic E-state index is 11.5. The standard InChI is InChI=1S/C12H11Cl2NO2S/c13-8-2-1-7(9(14)5-8)6-18-11-10(15)3-4-17-12(11)16/h1-2,5H,3-4,6,15H2. The molecule has 2 rings (SSSR count). The summed E-state index contributed by atoms with van der Waals surface area (Å²) in [7, 11) is 0. The quantitative estimate of drug-likeness (QED) is 0.870. The number of hydrogen-bond donors (Lipinski definition) is 1. The fourth-order valence-electron chi connectivity index (χ4n) is 1.50. The van der Waals surface area contributed by atoms with Crippen molar-refractivity contribution in [1.29, 1.82) is 0 Å². The normalized spacial score (nSPS) is 15.8. The van der Waals surface area contributed by atoms with Crippen LogP contribution in [0.1, 0.15) is 12.0 Å². The van der Waals surface area contributed by atoms with Crippen molar-refractivity contribution in [3.8, 4) is 0 Å². The molecule has 18 heavy (non-hydrogen) atoms. The third-order valence-electron chi connectivity index (χ3n) is 2.47. The number of carbonyl (C=O) groups excluding carboxylic acids is 1. The average Bonchev–Trinajstić information content (AvgIpc) is 2.31. The van der Waals surface area contributed by atoms with E-state index in [0.29, 0.717) is 39.4 Å². The molecule has 0 amide bonds. The Labute approximate surface area is 119 Å². The highest BCUT2D eigenvalue weighted by Gasteiger charge is 2.21. The van der Waals surface area contributed by atoms with Gasteiger partial charge in [-0.15, -0.1) is 11.8 Å². The number of esters is 1. The highest BCUT2D eigenvalue weighted by Crippen LogP contribution is 2.31. The smallest absolute Gasteiger partial charge is 0.346 e. The van der Waals surface area contributed by atoms with Crippen LogP contribution in [0.3, 0.4) is 0 Å². The second kappa shape index (κ2) is 5.87. The Morgan fingerprint density at radius 1 is 1.39 bits per heavy atom. The molecule has 0 unspecified atom stereocenters. The molecule has 1 heterocycles. The van der Waals surface area contributed by atoms with E-state index in [1.165, 1.54) is 11.8 Å². The molecular formula is C12H11Cl2NO2S. The molecule has 1 aliphatic heterocycles. The molecule has 3 nitrogen and oxygen atoms in total. The van der Waals surface area contributed by atoms with Gasteiger partial charge in [-0.25, -0.2) is 4.79 Å². The van der Waals surface area contributed by atoms with Crippen molar-refractivity contribution in [2.45, 2.75) is 12.2 Å². The van der Waals surface area contributed by atoms with Crippen LogP contribution in [-0.2, 0) is 15.3 Å². The third kappa shape index (κ3) is 3.13. The van der Waals surface area contributed by atoms with Crippen molar-refractivity contribution < 1.29 is 9.53 Å². The number of halogens is 2. The minimum absolute atomic E-state index is 0.353. The third-order valence-corrected chi connectivity index (χ3v) is 4.23. The van der Waals surface area contributed by atoms with Crippen LogP contribution in [0.5, 0.6) is 0 Å². The van der Waals surface area contributed by atoms with E-state index in [4.69, 9.17) is 33.7 Å². The Kier molecular flexibility index (Phi) is 4.43. The van der Waals surface area contributed by atoms with Gasteiger partial charge in [0.2, 0.25) is 0 Å². The number of ether oxygens (including phenoxy) is 1. The molecule has 1 aromatic carbocycles. The second-order valence-electron chi connectivity index (χ2n) is 3.76. The van der Waals surface area contributed by atoms with Gasteiger partial charge in [-0.1, -0.05) is 29.3 Å². The minimum atomic E-state index is -0.353. The largest absolute Gasteiger partial charge is 0.461 e. The summed E-state index contributed by atoms with van der Waals surface area (Å²) in [6, 6.07) is 5.28. The predicted molar refractivity (Wildman–Crippen MR) is 74.5 cm³/mol. The van der Waals surface area contributed by atoms with Crippen LogP contribution in [0, 0.1) is 0 Å². The lowest BCUT2D eigenvalue weighted by atomic mass is 10.2. The molecule has 6 heteroatoms. The summed E-state index contributed by atoms with van der Waals surface area (Å²) in [5, 5.41) is 1.17. The molecule has 0 saturated heterocycles. The lowest BCUT2D eigenvalue weighted by molar-refractivity contribution is -0.139. The van der Waals surface area contributed by atoms with Gasteiger partial charge in [-0.05, 0) is 17.7 Å². The van der Waals surface area contributed by atoms with Gasteiger partial charge >= 0.3 is 5.97 Å². The molecule has 0 radical (unpaired) electrons. The van der Waals surface area contributed by atoms with Gasteiger partial charge in [-0.3, -0.25) is 0 Å². The van der Waals surface area contributed by atoms with Crippen LogP contribution in [0.15, 0.2) is 28.8 Å². The van der Waals surface area contributed by atoms with Crippen molar-refractivity contribution in [1.82, 2.24) is 0 Å². The molecule has 0 fully saturated rings. The Morgan fingerprint density at radius 3 is 2.83 bits per heavy atom. The number of benzene rings is 1. The first-order chi connectivity index (χ1) is 8.58. The van der Waals surface area contributed by atoms with Crippen LogP contribution in [0.2, 0.25) is 10.0 Å². The van der Waals surface area contributed by atoms with Gasteiger partial charge in [-0.2, -0.15) is 0 Å². The van der Waals surface area contributed by atoms with Gasteiger partial charge in [0.1, 0.15) is 4.91 Å². The fraction of sp³-hybridized carbons (Fsp3) is 0.250. The van der Waals surface area contributed by atoms with Crippen molar-refractivity contribution >= 4 is 40.9 Å². The SMILES string of the molecule is NC1=C(SCc2ccc(Cl)cc2Cl)C(=O)OCC1. The van der Waals surface area contributed by atoms with E-state index < -0.39 is 0 Å². The lowest BCUT2D eigenvalue weighted by Crippen LogP contribution is -2.20. The molecule has 96 valence electrons. The van der Waals surface area contributed by atoms with E-state index in [1.54, 1.807) is 12.1 Å². The van der Waals surface area contributed by atoms with E-state index in [1.807, 2.05) is 6.07 Å². The first-order valence-corrected chi connectivity index (χ1v) is 7.04. The number of thioether (sulfide) groups is 1. The maximum Gasteiger partial charge on any atom is 0.346 e. The van der Waals surface area contributed by atoms with Crippen LogP contribution in [0.25, 0.3) is 0 Å². The summed E-state index contributed by atoms with van der Waals surface area (Å²) in [6.45, 7) is 0.358. The number of nitrogens with two attached hydrogens (primary N) is 1. The van der Waals surface area contributed by atoms with Crippen molar-refractivity contribution in [3.05, 3.63) is 44.4 Å². The van der Waals surface area contributed by atoms with Gasteiger partial charge in [0.05, 0.1) is 6.61 Å². The number of cyclic esters (lactones) is 1. The Morgan fingerprint density at radius 2 is 2.17 bits per heavy atom. The van der Waals surface area contributed by atoms with E-state index >= 15 is 0 Å². The average molecular weight is 304 g/mol. The summed E-state index contributed by atoms with van der Waals surface area (Å²) < 4.78 is 4.95. The molecule has 1 aromatic rings. The summed E-state index contributed by atoms with van der Waals surface area (Å²) in [5.41, 5.74) is 7.29. The fourth-order valence-corrected chi connectivity index (χ4v) is 3.07. The second-order valence-corrected chi connectivity index (χ2v) is 5.59. The lowest BCUT2D eigenvalue weighted by Gasteiger charge is -2.16. The molecular weight excluding hydrogens is 293 g/mol. The minimum Gasteiger partial charge on any atom is -0.461 e. The molecule has 0 aromatic heterocycles. The summed E-state index contributed by atoms with van der Waals surface area (Å²) in [6.07, 6.45) is 0.586. The van der Waals surface area contributed by atoms with E-state index in [0.717, 1.165) is 5.56 Å². The number of rotatable bonds is 3. The van der Waals surface area contributed by atoms with Crippen molar-refractivity contribution in [2.24, 2.45) is 5.73 Å². The summed E-state index contributed by atoms with van der Waals surface area (Å²) in [4.78, 5) is 12.0. The monoisotopic (exact) mass is 303 g/mol. The molecule has 0 aliphatic carbocycles. The first kappa shape index (κ1) is 13.6. The van der Waals surface area contributed by atoms with Crippen LogP contribution < -0.4 is 5.73 Å². The molecule has 0 spiro atoms. The number of hydrogen-bond acceptors (Lipinski definition) is 4. The Balaban J connectivity index is 2.09. The summed E-state index contributed by atoms with van der Waals surface area (Å²) in [5.74, 6) is 0.204. The van der Waals surface area contributed by atoms with Crippen molar-refractivity contribution in [2.75, 3.05) is 6.61 Å². The topological polar surface area (TPSA) is 52.3 Å². The molecule has 2 N–H and O–H groups in total. The molecule has 0 bridgehead atoms. The van der Waals surface area contributed by atoms with Gasteiger partial charge in [0.25, 0.3) is 0 Å².